The Hall–Kier alpha value is -2.04. The predicted octanol–water partition coefficient (Wildman–Crippen LogP) is 3.03. The van der Waals surface area contributed by atoms with Crippen LogP contribution in [0.1, 0.15) is 43.7 Å². The van der Waals surface area contributed by atoms with E-state index in [1.165, 1.54) is 6.42 Å². The maximum absolute atomic E-state index is 12.6. The number of likely N-dealkylation sites (tertiary alicyclic amines) is 1. The minimum Gasteiger partial charge on any atom is -0.481 e. The van der Waals surface area contributed by atoms with Gasteiger partial charge in [0.1, 0.15) is 0 Å². The minimum absolute atomic E-state index is 0.0302. The molecule has 124 valence electrons. The molecule has 5 heteroatoms. The highest BCUT2D eigenvalue weighted by Gasteiger charge is 2.33. The van der Waals surface area contributed by atoms with Crippen molar-refractivity contribution in [3.05, 3.63) is 35.9 Å². The molecule has 1 aromatic carbocycles. The van der Waals surface area contributed by atoms with Crippen LogP contribution in [0, 0.1) is 11.8 Å². The number of piperidine rings is 1. The zero-order valence-electron chi connectivity index (χ0n) is 13.3. The van der Waals surface area contributed by atoms with Crippen molar-refractivity contribution in [1.29, 1.82) is 0 Å². The largest absolute Gasteiger partial charge is 0.481 e. The Balaban J connectivity index is 1.67. The molecule has 0 bridgehead atoms. The number of benzene rings is 1. The van der Waals surface area contributed by atoms with Crippen LogP contribution in [-0.4, -0.2) is 35.1 Å². The Morgan fingerprint density at radius 2 is 1.87 bits per heavy atom. The van der Waals surface area contributed by atoms with Crippen LogP contribution >= 0.6 is 0 Å². The summed E-state index contributed by atoms with van der Waals surface area (Å²) in [5, 5.41) is 12.3. The SMILES string of the molecule is O=C(O)C1CCCN(C(=O)NC(c2ccccc2)C2CCC2)C1. The highest BCUT2D eigenvalue weighted by Crippen LogP contribution is 2.37. The highest BCUT2D eigenvalue weighted by atomic mass is 16.4. The van der Waals surface area contributed by atoms with Gasteiger partial charge in [-0.25, -0.2) is 4.79 Å². The fourth-order valence-corrected chi connectivity index (χ4v) is 3.49. The van der Waals surface area contributed by atoms with Crippen LogP contribution in [0.4, 0.5) is 4.79 Å². The Kier molecular flexibility index (Phi) is 4.84. The fourth-order valence-electron chi connectivity index (χ4n) is 3.49. The molecule has 1 aliphatic carbocycles. The molecule has 1 aliphatic heterocycles. The molecule has 1 aromatic rings. The second kappa shape index (κ2) is 7.02. The molecular formula is C18H24N2O3. The number of urea groups is 1. The first-order valence-electron chi connectivity index (χ1n) is 8.48. The van der Waals surface area contributed by atoms with Crippen molar-refractivity contribution in [2.75, 3.05) is 13.1 Å². The molecule has 2 amide bonds. The highest BCUT2D eigenvalue weighted by molar-refractivity contribution is 5.77. The van der Waals surface area contributed by atoms with E-state index in [9.17, 15) is 14.7 Å². The zero-order chi connectivity index (χ0) is 16.2. The lowest BCUT2D eigenvalue weighted by Crippen LogP contribution is -2.49. The number of hydrogen-bond acceptors (Lipinski definition) is 2. The number of carbonyl (C=O) groups excluding carboxylic acids is 1. The number of rotatable bonds is 4. The molecule has 0 radical (unpaired) electrons. The van der Waals surface area contributed by atoms with E-state index in [-0.39, 0.29) is 12.1 Å². The topological polar surface area (TPSA) is 69.6 Å². The molecule has 0 spiro atoms. The first-order chi connectivity index (χ1) is 11.1. The number of amides is 2. The number of carbonyl (C=O) groups is 2. The van der Waals surface area contributed by atoms with Gasteiger partial charge in [0, 0.05) is 13.1 Å². The molecule has 2 N–H and O–H groups in total. The van der Waals surface area contributed by atoms with Gasteiger partial charge in [-0.15, -0.1) is 0 Å². The lowest BCUT2D eigenvalue weighted by molar-refractivity contribution is -0.143. The van der Waals surface area contributed by atoms with Gasteiger partial charge in [-0.05, 0) is 37.2 Å². The summed E-state index contributed by atoms with van der Waals surface area (Å²) in [5.74, 6) is -0.754. The standard InChI is InChI=1S/C18H24N2O3/c21-17(22)15-10-5-11-20(12-15)18(23)19-16(14-8-4-9-14)13-6-2-1-3-7-13/h1-3,6-7,14-16H,4-5,8-12H2,(H,19,23)(H,21,22). The molecule has 2 atom stereocenters. The molecular weight excluding hydrogens is 292 g/mol. The van der Waals surface area contributed by atoms with Gasteiger partial charge >= 0.3 is 12.0 Å². The molecule has 2 fully saturated rings. The lowest BCUT2D eigenvalue weighted by atomic mass is 9.77. The Morgan fingerprint density at radius 3 is 2.48 bits per heavy atom. The number of aliphatic carboxylic acids is 1. The van der Waals surface area contributed by atoms with E-state index in [2.05, 4.69) is 17.4 Å². The molecule has 5 nitrogen and oxygen atoms in total. The van der Waals surface area contributed by atoms with Crippen molar-refractivity contribution in [3.8, 4) is 0 Å². The molecule has 0 aromatic heterocycles. The van der Waals surface area contributed by atoms with Crippen LogP contribution in [0.25, 0.3) is 0 Å². The van der Waals surface area contributed by atoms with Crippen LogP contribution in [0.2, 0.25) is 0 Å². The summed E-state index contributed by atoms with van der Waals surface area (Å²) in [6.07, 6.45) is 4.90. The third-order valence-corrected chi connectivity index (χ3v) is 5.12. The van der Waals surface area contributed by atoms with E-state index in [1.54, 1.807) is 4.90 Å². The fraction of sp³-hybridized carbons (Fsp3) is 0.556. The number of nitrogens with zero attached hydrogens (tertiary/aromatic N) is 1. The summed E-state index contributed by atoms with van der Waals surface area (Å²) in [4.78, 5) is 25.5. The van der Waals surface area contributed by atoms with Crippen LogP contribution in [-0.2, 0) is 4.79 Å². The van der Waals surface area contributed by atoms with E-state index in [1.807, 2.05) is 18.2 Å². The van der Waals surface area contributed by atoms with Gasteiger partial charge in [-0.3, -0.25) is 4.79 Å². The van der Waals surface area contributed by atoms with Crippen molar-refractivity contribution in [3.63, 3.8) is 0 Å². The first-order valence-corrected chi connectivity index (χ1v) is 8.48. The van der Waals surface area contributed by atoms with Gasteiger partial charge in [0.25, 0.3) is 0 Å². The second-order valence-electron chi connectivity index (χ2n) is 6.65. The summed E-state index contributed by atoms with van der Waals surface area (Å²) >= 11 is 0. The van der Waals surface area contributed by atoms with Gasteiger partial charge in [0.2, 0.25) is 0 Å². The second-order valence-corrected chi connectivity index (χ2v) is 6.65. The zero-order valence-corrected chi connectivity index (χ0v) is 13.3. The van der Waals surface area contributed by atoms with Gasteiger partial charge in [-0.2, -0.15) is 0 Å². The van der Waals surface area contributed by atoms with E-state index in [4.69, 9.17) is 0 Å². The van der Waals surface area contributed by atoms with Gasteiger partial charge in [0.15, 0.2) is 0 Å². The quantitative estimate of drug-likeness (QED) is 0.897. The Bertz CT molecular complexity index is 557. The summed E-state index contributed by atoms with van der Waals surface area (Å²) in [6, 6.07) is 9.98. The van der Waals surface area contributed by atoms with Crippen molar-refractivity contribution < 1.29 is 14.7 Å². The number of carboxylic acids is 1. The lowest BCUT2D eigenvalue weighted by Gasteiger charge is -2.37. The molecule has 3 rings (SSSR count). The maximum Gasteiger partial charge on any atom is 0.317 e. The Labute approximate surface area is 136 Å². The van der Waals surface area contributed by atoms with Crippen LogP contribution in [0.5, 0.6) is 0 Å². The van der Waals surface area contributed by atoms with Crippen LogP contribution < -0.4 is 5.32 Å². The number of nitrogens with one attached hydrogen (secondary N) is 1. The van der Waals surface area contributed by atoms with Gasteiger partial charge in [-0.1, -0.05) is 36.8 Å². The molecule has 2 aliphatic rings. The van der Waals surface area contributed by atoms with Crippen molar-refractivity contribution in [2.45, 2.75) is 38.1 Å². The summed E-state index contributed by atoms with van der Waals surface area (Å²) in [6.45, 7) is 0.954. The molecule has 1 saturated carbocycles. The van der Waals surface area contributed by atoms with Gasteiger partial charge in [0.05, 0.1) is 12.0 Å². The molecule has 23 heavy (non-hydrogen) atoms. The van der Waals surface area contributed by atoms with Crippen molar-refractivity contribution >= 4 is 12.0 Å². The first kappa shape index (κ1) is 15.8. The van der Waals surface area contributed by atoms with Gasteiger partial charge < -0.3 is 15.3 Å². The summed E-state index contributed by atoms with van der Waals surface area (Å²) < 4.78 is 0. The number of carboxylic acid groups (broad SMARTS) is 1. The molecule has 1 saturated heterocycles. The van der Waals surface area contributed by atoms with E-state index in [0.717, 1.165) is 24.8 Å². The average molecular weight is 316 g/mol. The third-order valence-electron chi connectivity index (χ3n) is 5.12. The molecule has 1 heterocycles. The van der Waals surface area contributed by atoms with E-state index >= 15 is 0 Å². The number of hydrogen-bond donors (Lipinski definition) is 2. The monoisotopic (exact) mass is 316 g/mol. The normalized spacial score (nSPS) is 23.0. The van der Waals surface area contributed by atoms with Crippen molar-refractivity contribution in [1.82, 2.24) is 10.2 Å². The summed E-state index contributed by atoms with van der Waals surface area (Å²) in [7, 11) is 0. The Morgan fingerprint density at radius 1 is 1.13 bits per heavy atom. The summed E-state index contributed by atoms with van der Waals surface area (Å²) in [5.41, 5.74) is 1.14. The smallest absolute Gasteiger partial charge is 0.317 e. The van der Waals surface area contributed by atoms with Crippen molar-refractivity contribution in [2.24, 2.45) is 11.8 Å². The van der Waals surface area contributed by atoms with E-state index in [0.29, 0.717) is 25.4 Å². The maximum atomic E-state index is 12.6. The van der Waals surface area contributed by atoms with Crippen LogP contribution in [0.15, 0.2) is 30.3 Å². The molecule has 2 unspecified atom stereocenters. The van der Waals surface area contributed by atoms with E-state index < -0.39 is 11.9 Å². The third kappa shape index (κ3) is 3.66. The average Bonchev–Trinajstić information content (AvgIpc) is 2.53. The predicted molar refractivity (Wildman–Crippen MR) is 87.0 cm³/mol. The van der Waals surface area contributed by atoms with Crippen LogP contribution in [0.3, 0.4) is 0 Å². The minimum atomic E-state index is -0.805.